The SMILES string of the molecule is CCOc1cc(C=NNC(=O)COc2ccc(C)cc2C)ccc1O. The highest BCUT2D eigenvalue weighted by atomic mass is 16.5. The van der Waals surface area contributed by atoms with Crippen molar-refractivity contribution in [3.63, 3.8) is 0 Å². The van der Waals surface area contributed by atoms with Gasteiger partial charge in [-0.25, -0.2) is 5.43 Å². The molecular formula is C19H22N2O4. The van der Waals surface area contributed by atoms with E-state index < -0.39 is 0 Å². The molecule has 2 aromatic rings. The smallest absolute Gasteiger partial charge is 0.277 e. The van der Waals surface area contributed by atoms with Crippen molar-refractivity contribution in [2.75, 3.05) is 13.2 Å². The summed E-state index contributed by atoms with van der Waals surface area (Å²) in [4.78, 5) is 11.8. The number of nitrogens with zero attached hydrogens (tertiary/aromatic N) is 1. The fourth-order valence-electron chi connectivity index (χ4n) is 2.20. The number of rotatable bonds is 7. The van der Waals surface area contributed by atoms with Crippen LogP contribution in [0.15, 0.2) is 41.5 Å². The highest BCUT2D eigenvalue weighted by Gasteiger charge is 2.05. The number of aryl methyl sites for hydroxylation is 2. The van der Waals surface area contributed by atoms with Gasteiger partial charge in [0.2, 0.25) is 0 Å². The zero-order valence-electron chi connectivity index (χ0n) is 14.6. The summed E-state index contributed by atoms with van der Waals surface area (Å²) in [5, 5.41) is 13.5. The van der Waals surface area contributed by atoms with Crippen LogP contribution in [0.4, 0.5) is 0 Å². The summed E-state index contributed by atoms with van der Waals surface area (Å²) in [6.07, 6.45) is 1.47. The van der Waals surface area contributed by atoms with Crippen LogP contribution < -0.4 is 14.9 Å². The first-order valence-electron chi connectivity index (χ1n) is 7.97. The molecule has 6 nitrogen and oxygen atoms in total. The van der Waals surface area contributed by atoms with E-state index in [-0.39, 0.29) is 18.3 Å². The Morgan fingerprint density at radius 2 is 1.96 bits per heavy atom. The molecule has 6 heteroatoms. The Labute approximate surface area is 147 Å². The lowest BCUT2D eigenvalue weighted by Crippen LogP contribution is -2.24. The van der Waals surface area contributed by atoms with Crippen molar-refractivity contribution in [1.29, 1.82) is 0 Å². The average Bonchev–Trinajstić information content (AvgIpc) is 2.57. The number of hydrogen-bond donors (Lipinski definition) is 2. The molecule has 0 spiro atoms. The van der Waals surface area contributed by atoms with E-state index in [2.05, 4.69) is 10.5 Å². The molecule has 2 aromatic carbocycles. The van der Waals surface area contributed by atoms with E-state index in [9.17, 15) is 9.90 Å². The number of aromatic hydroxyl groups is 1. The van der Waals surface area contributed by atoms with Crippen LogP contribution in [0.3, 0.4) is 0 Å². The summed E-state index contributed by atoms with van der Waals surface area (Å²) in [6, 6.07) is 10.6. The molecule has 25 heavy (non-hydrogen) atoms. The van der Waals surface area contributed by atoms with E-state index in [1.807, 2.05) is 39.0 Å². The minimum atomic E-state index is -0.361. The van der Waals surface area contributed by atoms with Gasteiger partial charge >= 0.3 is 0 Å². The van der Waals surface area contributed by atoms with Crippen molar-refractivity contribution >= 4 is 12.1 Å². The highest BCUT2D eigenvalue weighted by molar-refractivity contribution is 5.83. The lowest BCUT2D eigenvalue weighted by Gasteiger charge is -2.08. The van der Waals surface area contributed by atoms with Gasteiger partial charge in [0.1, 0.15) is 5.75 Å². The first kappa shape index (κ1) is 18.3. The molecule has 0 bridgehead atoms. The molecule has 0 aliphatic rings. The number of carbonyl (C=O) groups is 1. The van der Waals surface area contributed by atoms with Gasteiger partial charge in [0.15, 0.2) is 18.1 Å². The Morgan fingerprint density at radius 3 is 2.68 bits per heavy atom. The molecule has 0 aliphatic heterocycles. The summed E-state index contributed by atoms with van der Waals surface area (Å²) in [6.45, 7) is 6.08. The summed E-state index contributed by atoms with van der Waals surface area (Å²) < 4.78 is 10.8. The maximum atomic E-state index is 11.8. The minimum Gasteiger partial charge on any atom is -0.504 e. The number of amides is 1. The van der Waals surface area contributed by atoms with Gasteiger partial charge in [0, 0.05) is 0 Å². The normalized spacial score (nSPS) is 10.7. The lowest BCUT2D eigenvalue weighted by molar-refractivity contribution is -0.123. The molecule has 0 heterocycles. The zero-order chi connectivity index (χ0) is 18.2. The largest absolute Gasteiger partial charge is 0.504 e. The Morgan fingerprint density at radius 1 is 1.16 bits per heavy atom. The number of phenolic OH excluding ortho intramolecular Hbond substituents is 1. The van der Waals surface area contributed by atoms with Gasteiger partial charge in [-0.05, 0) is 56.2 Å². The van der Waals surface area contributed by atoms with E-state index in [0.717, 1.165) is 11.1 Å². The van der Waals surface area contributed by atoms with Crippen LogP contribution >= 0.6 is 0 Å². The molecule has 0 saturated carbocycles. The Balaban J connectivity index is 1.87. The Hall–Kier alpha value is -3.02. The van der Waals surface area contributed by atoms with Gasteiger partial charge in [-0.2, -0.15) is 5.10 Å². The fraction of sp³-hybridized carbons (Fsp3) is 0.263. The molecule has 0 aromatic heterocycles. The summed E-state index contributed by atoms with van der Waals surface area (Å²) >= 11 is 0. The van der Waals surface area contributed by atoms with Crippen molar-refractivity contribution < 1.29 is 19.4 Å². The molecule has 2 rings (SSSR count). The molecular weight excluding hydrogens is 320 g/mol. The van der Waals surface area contributed by atoms with Crippen LogP contribution in [0.2, 0.25) is 0 Å². The van der Waals surface area contributed by atoms with Gasteiger partial charge in [-0.1, -0.05) is 17.7 Å². The van der Waals surface area contributed by atoms with E-state index in [1.54, 1.807) is 12.1 Å². The van der Waals surface area contributed by atoms with Crippen LogP contribution in [0.25, 0.3) is 0 Å². The molecule has 0 unspecified atom stereocenters. The monoisotopic (exact) mass is 342 g/mol. The third kappa shape index (κ3) is 5.53. The lowest BCUT2D eigenvalue weighted by atomic mass is 10.1. The number of benzene rings is 2. The number of hydrazone groups is 1. The van der Waals surface area contributed by atoms with E-state index in [0.29, 0.717) is 23.7 Å². The predicted molar refractivity (Wildman–Crippen MR) is 96.4 cm³/mol. The van der Waals surface area contributed by atoms with Crippen LogP contribution in [-0.4, -0.2) is 30.4 Å². The van der Waals surface area contributed by atoms with Gasteiger partial charge in [0.25, 0.3) is 5.91 Å². The first-order valence-corrected chi connectivity index (χ1v) is 7.97. The van der Waals surface area contributed by atoms with Crippen molar-refractivity contribution in [2.24, 2.45) is 5.10 Å². The molecule has 132 valence electrons. The minimum absolute atomic E-state index is 0.0601. The molecule has 0 saturated heterocycles. The number of nitrogens with one attached hydrogen (secondary N) is 1. The van der Waals surface area contributed by atoms with Crippen molar-refractivity contribution in [2.45, 2.75) is 20.8 Å². The fourth-order valence-corrected chi connectivity index (χ4v) is 2.20. The highest BCUT2D eigenvalue weighted by Crippen LogP contribution is 2.26. The Kier molecular flexibility index (Phi) is 6.39. The summed E-state index contributed by atoms with van der Waals surface area (Å²) in [7, 11) is 0. The Bertz CT molecular complexity index is 772. The summed E-state index contributed by atoms with van der Waals surface area (Å²) in [5.74, 6) is 0.741. The zero-order valence-corrected chi connectivity index (χ0v) is 14.6. The van der Waals surface area contributed by atoms with Gasteiger partial charge in [0.05, 0.1) is 12.8 Å². The van der Waals surface area contributed by atoms with Gasteiger partial charge < -0.3 is 14.6 Å². The quantitative estimate of drug-likeness (QED) is 0.599. The van der Waals surface area contributed by atoms with Crippen molar-refractivity contribution in [1.82, 2.24) is 5.43 Å². The second-order valence-electron chi connectivity index (χ2n) is 5.51. The van der Waals surface area contributed by atoms with Crippen molar-refractivity contribution in [3.05, 3.63) is 53.1 Å². The number of carbonyl (C=O) groups excluding carboxylic acids is 1. The number of phenols is 1. The van der Waals surface area contributed by atoms with E-state index >= 15 is 0 Å². The van der Waals surface area contributed by atoms with Crippen LogP contribution in [0.1, 0.15) is 23.6 Å². The first-order chi connectivity index (χ1) is 12.0. The van der Waals surface area contributed by atoms with E-state index in [4.69, 9.17) is 9.47 Å². The van der Waals surface area contributed by atoms with Crippen LogP contribution in [0.5, 0.6) is 17.2 Å². The number of hydrogen-bond acceptors (Lipinski definition) is 5. The average molecular weight is 342 g/mol. The molecule has 2 N–H and O–H groups in total. The topological polar surface area (TPSA) is 80.2 Å². The molecule has 0 aliphatic carbocycles. The second-order valence-corrected chi connectivity index (χ2v) is 5.51. The van der Waals surface area contributed by atoms with E-state index in [1.165, 1.54) is 12.3 Å². The standard InChI is InChI=1S/C19H22N2O4/c1-4-24-18-10-15(6-7-16(18)22)11-20-21-19(23)12-25-17-8-5-13(2)9-14(17)3/h5-11,22H,4,12H2,1-3H3,(H,21,23). The van der Waals surface area contributed by atoms with Crippen LogP contribution in [0, 0.1) is 13.8 Å². The third-order valence-electron chi connectivity index (χ3n) is 3.38. The predicted octanol–water partition coefficient (Wildman–Crippen LogP) is 2.94. The molecule has 0 atom stereocenters. The van der Waals surface area contributed by atoms with Gasteiger partial charge in [-0.15, -0.1) is 0 Å². The van der Waals surface area contributed by atoms with Crippen LogP contribution in [-0.2, 0) is 4.79 Å². The maximum absolute atomic E-state index is 11.8. The second kappa shape index (κ2) is 8.73. The van der Waals surface area contributed by atoms with Gasteiger partial charge in [-0.3, -0.25) is 4.79 Å². The maximum Gasteiger partial charge on any atom is 0.277 e. The number of ether oxygens (including phenoxy) is 2. The summed E-state index contributed by atoms with van der Waals surface area (Å²) in [5.41, 5.74) is 5.21. The molecule has 0 radical (unpaired) electrons. The third-order valence-corrected chi connectivity index (χ3v) is 3.38. The molecule has 1 amide bonds. The molecule has 0 fully saturated rings. The van der Waals surface area contributed by atoms with Crippen molar-refractivity contribution in [3.8, 4) is 17.2 Å².